The molecule has 0 unspecified atom stereocenters. The van der Waals surface area contributed by atoms with Gasteiger partial charge < -0.3 is 62.7 Å². The number of ether oxygens (including phenoxy) is 4. The molecule has 0 aliphatic rings. The van der Waals surface area contributed by atoms with E-state index in [2.05, 4.69) is 26.6 Å². The molecule has 0 bridgehead atoms. The van der Waals surface area contributed by atoms with Gasteiger partial charge in [0.1, 0.15) is 13.2 Å². The lowest BCUT2D eigenvalue weighted by atomic mass is 10.0. The average Bonchev–Trinajstić information content (AvgIpc) is 3.15. The van der Waals surface area contributed by atoms with Crippen LogP contribution in [0.3, 0.4) is 0 Å². The lowest BCUT2D eigenvalue weighted by Crippen LogP contribution is -2.41. The Morgan fingerprint density at radius 3 is 1.29 bits per heavy atom. The first-order chi connectivity index (χ1) is 26.8. The van der Waals surface area contributed by atoms with E-state index in [1.165, 1.54) is 0 Å². The van der Waals surface area contributed by atoms with Crippen LogP contribution in [0.5, 0.6) is 0 Å². The lowest BCUT2D eigenvalue weighted by Gasteiger charge is -2.13. The fraction of sp³-hybridized carbons (Fsp3) is 0.811. The molecule has 19 nitrogen and oxygen atoms in total. The minimum absolute atomic E-state index is 0.0772. The topological polar surface area (TPSA) is 295 Å². The second kappa shape index (κ2) is 35.5. The van der Waals surface area contributed by atoms with Crippen LogP contribution in [0.25, 0.3) is 0 Å². The Morgan fingerprint density at radius 1 is 0.446 bits per heavy atom. The maximum atomic E-state index is 12.1. The van der Waals surface area contributed by atoms with E-state index in [1.807, 2.05) is 0 Å². The van der Waals surface area contributed by atoms with Crippen LogP contribution in [0.4, 0.5) is 0 Å². The van der Waals surface area contributed by atoms with Gasteiger partial charge in [-0.2, -0.15) is 0 Å². The highest BCUT2D eigenvalue weighted by Crippen LogP contribution is 2.07. The number of rotatable bonds is 38. The Kier molecular flexibility index (Phi) is 33.0. The van der Waals surface area contributed by atoms with Crippen LogP contribution >= 0.6 is 0 Å². The third-order valence-corrected chi connectivity index (χ3v) is 8.48. The van der Waals surface area contributed by atoms with Crippen molar-refractivity contribution in [2.75, 3.05) is 85.6 Å². The molecule has 0 saturated heterocycles. The first-order valence-electron chi connectivity index (χ1n) is 19.8. The van der Waals surface area contributed by atoms with Gasteiger partial charge >= 0.3 is 0 Å². The second-order valence-corrected chi connectivity index (χ2v) is 13.6. The van der Waals surface area contributed by atoms with E-state index in [1.54, 1.807) is 13.8 Å². The van der Waals surface area contributed by atoms with Gasteiger partial charge in [-0.25, -0.2) is 0 Å². The summed E-state index contributed by atoms with van der Waals surface area (Å²) in [5.41, 5.74) is 16.4. The zero-order valence-electron chi connectivity index (χ0n) is 33.6. The number of primary amides is 2. The largest absolute Gasteiger partial charge is 0.377 e. The molecule has 0 radical (unpaired) electrons. The molecule has 0 fully saturated rings. The molecule has 0 aromatic rings. The molecule has 0 aliphatic heterocycles. The van der Waals surface area contributed by atoms with Crippen LogP contribution in [0.2, 0.25) is 0 Å². The number of nitrogens with two attached hydrogens (primary N) is 3. The Hall–Kier alpha value is -3.91. The van der Waals surface area contributed by atoms with Crippen molar-refractivity contribution in [3.8, 4) is 0 Å². The van der Waals surface area contributed by atoms with Gasteiger partial charge in [-0.3, -0.25) is 33.6 Å². The first-order valence-corrected chi connectivity index (χ1v) is 19.8. The summed E-state index contributed by atoms with van der Waals surface area (Å²) in [4.78, 5) is 81.8. The molecule has 0 spiro atoms. The highest BCUT2D eigenvalue weighted by Gasteiger charge is 2.13. The summed E-state index contributed by atoms with van der Waals surface area (Å²) in [7, 11) is 0. The molecule has 3 atom stereocenters. The number of carbonyl (C=O) groups is 7. The van der Waals surface area contributed by atoms with E-state index < -0.39 is 6.04 Å². The van der Waals surface area contributed by atoms with Gasteiger partial charge in [0, 0.05) is 57.4 Å². The molecule has 11 N–H and O–H groups in total. The van der Waals surface area contributed by atoms with E-state index in [9.17, 15) is 33.6 Å². The van der Waals surface area contributed by atoms with Crippen molar-refractivity contribution in [2.24, 2.45) is 29.0 Å². The maximum Gasteiger partial charge on any atom is 0.246 e. The molecule has 0 aromatic carbocycles. The third kappa shape index (κ3) is 33.4. The summed E-state index contributed by atoms with van der Waals surface area (Å²) in [5, 5.41) is 13.8. The van der Waals surface area contributed by atoms with Crippen molar-refractivity contribution < 1.29 is 52.5 Å². The second-order valence-electron chi connectivity index (χ2n) is 13.6. The van der Waals surface area contributed by atoms with Gasteiger partial charge in [-0.1, -0.05) is 26.7 Å². The zero-order chi connectivity index (χ0) is 41.8. The van der Waals surface area contributed by atoms with Gasteiger partial charge in [-0.15, -0.1) is 0 Å². The number of nitrogens with one attached hydrogen (secondary N) is 5. The minimum Gasteiger partial charge on any atom is -0.377 e. The minimum atomic E-state index is -0.618. The number of carbonyl (C=O) groups excluding carboxylic acids is 7. The van der Waals surface area contributed by atoms with Gasteiger partial charge in [0.15, 0.2) is 0 Å². The van der Waals surface area contributed by atoms with E-state index >= 15 is 0 Å². The smallest absolute Gasteiger partial charge is 0.246 e. The van der Waals surface area contributed by atoms with Crippen molar-refractivity contribution in [1.82, 2.24) is 26.6 Å². The molecule has 7 amide bonds. The number of hydrogen-bond acceptors (Lipinski definition) is 12. The predicted molar refractivity (Wildman–Crippen MR) is 208 cm³/mol. The van der Waals surface area contributed by atoms with Crippen molar-refractivity contribution in [3.63, 3.8) is 0 Å². The third-order valence-electron chi connectivity index (χ3n) is 8.48. The van der Waals surface area contributed by atoms with E-state index in [0.29, 0.717) is 71.2 Å². The van der Waals surface area contributed by atoms with Gasteiger partial charge in [0.2, 0.25) is 41.4 Å². The molecule has 324 valence electrons. The number of hydrogen-bond donors (Lipinski definition) is 8. The summed E-state index contributed by atoms with van der Waals surface area (Å²) in [6, 6.07) is -0.618. The fourth-order valence-electron chi connectivity index (χ4n) is 4.84. The molecule has 19 heteroatoms. The summed E-state index contributed by atoms with van der Waals surface area (Å²) < 4.78 is 21.3. The Morgan fingerprint density at radius 2 is 0.821 bits per heavy atom. The first kappa shape index (κ1) is 52.1. The van der Waals surface area contributed by atoms with Crippen molar-refractivity contribution in [1.29, 1.82) is 0 Å². The molecule has 0 aromatic heterocycles. The standard InChI is InChI=1S/C37H70N8O11/c1-28(35(39)50)10-3-6-16-42-33(48)26-55-24-23-54-21-19-44-34(49)27-56-25-22-53-20-18-43-32(47)14-9-13-31(46)41-15-8-5-12-30(38)37(52)45-17-7-4-11-29(2)36(40)51/h28-30H,3-27,38H2,1-2H3,(H2,39,50)(H2,40,51)(H,41,46)(H,42,48)(H,43,47)(H,44,49)(H,45,52)/t28-,29-,30-/m0/s1. The Bertz CT molecular complexity index is 1130. The van der Waals surface area contributed by atoms with Gasteiger partial charge in [-0.05, 0) is 51.4 Å². The van der Waals surface area contributed by atoms with Crippen LogP contribution in [-0.4, -0.2) is 133 Å². The van der Waals surface area contributed by atoms with Crippen molar-refractivity contribution in [2.45, 2.75) is 96.9 Å². The molecule has 0 aliphatic carbocycles. The van der Waals surface area contributed by atoms with Gasteiger partial charge in [0.25, 0.3) is 0 Å². The predicted octanol–water partition coefficient (Wildman–Crippen LogP) is -1.11. The zero-order valence-corrected chi connectivity index (χ0v) is 33.6. The molecule has 56 heavy (non-hydrogen) atoms. The number of unbranched alkanes of at least 4 members (excludes halogenated alkanes) is 3. The van der Waals surface area contributed by atoms with Crippen LogP contribution in [0, 0.1) is 11.8 Å². The van der Waals surface area contributed by atoms with E-state index in [0.717, 1.165) is 25.7 Å². The van der Waals surface area contributed by atoms with Crippen molar-refractivity contribution in [3.05, 3.63) is 0 Å². The summed E-state index contributed by atoms with van der Waals surface area (Å²) in [6.45, 7) is 6.93. The summed E-state index contributed by atoms with van der Waals surface area (Å²) in [5.74, 6) is -2.05. The summed E-state index contributed by atoms with van der Waals surface area (Å²) >= 11 is 0. The van der Waals surface area contributed by atoms with E-state index in [4.69, 9.17) is 36.1 Å². The molecular formula is C37H70N8O11. The van der Waals surface area contributed by atoms with Crippen molar-refractivity contribution >= 4 is 41.4 Å². The van der Waals surface area contributed by atoms with Crippen LogP contribution in [0.1, 0.15) is 90.9 Å². The van der Waals surface area contributed by atoms with E-state index in [-0.39, 0.29) is 119 Å². The van der Waals surface area contributed by atoms with Crippen LogP contribution in [-0.2, 0) is 52.5 Å². The monoisotopic (exact) mass is 803 g/mol. The average molecular weight is 803 g/mol. The summed E-state index contributed by atoms with van der Waals surface area (Å²) in [6.07, 6.45) is 7.17. The van der Waals surface area contributed by atoms with Crippen LogP contribution in [0.15, 0.2) is 0 Å². The van der Waals surface area contributed by atoms with Crippen LogP contribution < -0.4 is 43.8 Å². The molecule has 0 heterocycles. The number of amides is 7. The SMILES string of the molecule is C[C@@H](CCCCNC(=O)COCCOCCNC(=O)COCCOCCNC(=O)CCCC(=O)NCCCC[C@H](N)C(=O)NCCCC[C@H](C)C(N)=O)C(N)=O. The fourth-order valence-corrected chi connectivity index (χ4v) is 4.84. The quantitative estimate of drug-likeness (QED) is 0.0345. The maximum absolute atomic E-state index is 12.1. The Balaban J connectivity index is 3.54. The van der Waals surface area contributed by atoms with Gasteiger partial charge in [0.05, 0.1) is 45.7 Å². The molecule has 0 saturated carbocycles. The highest BCUT2D eigenvalue weighted by molar-refractivity contribution is 5.81. The normalized spacial score (nSPS) is 12.6. The molecule has 0 rings (SSSR count). The highest BCUT2D eigenvalue weighted by atomic mass is 16.5. The Labute approximate surface area is 331 Å². The lowest BCUT2D eigenvalue weighted by molar-refractivity contribution is -0.127. The molecular weight excluding hydrogens is 732 g/mol.